The fourth-order valence-electron chi connectivity index (χ4n) is 2.48. The third-order valence-electron chi connectivity index (χ3n) is 3.60. The van der Waals surface area contributed by atoms with E-state index in [2.05, 4.69) is 41.9 Å². The standard InChI is InChI=1S/C15H22N2/c1-4-9-17-10-5-6-14-11-13(12(2)16-3)7-8-15(14)17/h4,7-8,11-12,16H,1,5-6,9-10H2,2-3H3. The molecule has 2 nitrogen and oxygen atoms in total. The first-order valence-electron chi connectivity index (χ1n) is 6.42. The molecular formula is C15H22N2. The average molecular weight is 230 g/mol. The van der Waals surface area contributed by atoms with Crippen LogP contribution >= 0.6 is 0 Å². The largest absolute Gasteiger partial charge is 0.368 e. The van der Waals surface area contributed by atoms with E-state index in [0.717, 1.165) is 13.1 Å². The van der Waals surface area contributed by atoms with Crippen molar-refractivity contribution in [2.24, 2.45) is 0 Å². The minimum Gasteiger partial charge on any atom is -0.368 e. The summed E-state index contributed by atoms with van der Waals surface area (Å²) in [5.74, 6) is 0. The van der Waals surface area contributed by atoms with E-state index in [1.807, 2.05) is 13.1 Å². The Bertz CT molecular complexity index is 398. The van der Waals surface area contributed by atoms with Crippen molar-refractivity contribution in [1.82, 2.24) is 5.32 Å². The van der Waals surface area contributed by atoms with Gasteiger partial charge < -0.3 is 10.2 Å². The number of rotatable bonds is 4. The smallest absolute Gasteiger partial charge is 0.0401 e. The maximum absolute atomic E-state index is 3.84. The van der Waals surface area contributed by atoms with E-state index in [1.54, 1.807) is 0 Å². The quantitative estimate of drug-likeness (QED) is 0.800. The Balaban J connectivity index is 2.29. The molecule has 1 heterocycles. The summed E-state index contributed by atoms with van der Waals surface area (Å²) in [5.41, 5.74) is 4.26. The summed E-state index contributed by atoms with van der Waals surface area (Å²) in [6.45, 7) is 8.14. The third-order valence-corrected chi connectivity index (χ3v) is 3.60. The summed E-state index contributed by atoms with van der Waals surface area (Å²) in [4.78, 5) is 2.42. The van der Waals surface area contributed by atoms with Crippen LogP contribution in [0.3, 0.4) is 0 Å². The van der Waals surface area contributed by atoms with Crippen molar-refractivity contribution >= 4 is 5.69 Å². The zero-order chi connectivity index (χ0) is 12.3. The van der Waals surface area contributed by atoms with Crippen molar-refractivity contribution < 1.29 is 0 Å². The predicted molar refractivity (Wildman–Crippen MR) is 74.6 cm³/mol. The Morgan fingerprint density at radius 3 is 3.06 bits per heavy atom. The molecule has 1 atom stereocenters. The highest BCUT2D eigenvalue weighted by Gasteiger charge is 2.16. The third kappa shape index (κ3) is 2.52. The summed E-state index contributed by atoms with van der Waals surface area (Å²) < 4.78 is 0. The zero-order valence-electron chi connectivity index (χ0n) is 10.9. The van der Waals surface area contributed by atoms with Gasteiger partial charge in [-0.2, -0.15) is 0 Å². The first-order chi connectivity index (χ1) is 8.26. The lowest BCUT2D eigenvalue weighted by Gasteiger charge is -2.31. The minimum atomic E-state index is 0.426. The van der Waals surface area contributed by atoms with Crippen LogP contribution in [0.5, 0.6) is 0 Å². The van der Waals surface area contributed by atoms with Crippen molar-refractivity contribution in [2.75, 3.05) is 25.0 Å². The van der Waals surface area contributed by atoms with E-state index < -0.39 is 0 Å². The lowest BCUT2D eigenvalue weighted by molar-refractivity contribution is 0.648. The molecule has 0 aliphatic carbocycles. The average Bonchev–Trinajstić information content (AvgIpc) is 2.38. The molecule has 1 aromatic rings. The van der Waals surface area contributed by atoms with Crippen molar-refractivity contribution in [3.63, 3.8) is 0 Å². The normalized spacial score (nSPS) is 16.5. The van der Waals surface area contributed by atoms with E-state index in [9.17, 15) is 0 Å². The van der Waals surface area contributed by atoms with Gasteiger partial charge in [-0.1, -0.05) is 18.2 Å². The topological polar surface area (TPSA) is 15.3 Å². The molecule has 0 radical (unpaired) electrons. The van der Waals surface area contributed by atoms with E-state index in [1.165, 1.54) is 29.7 Å². The molecule has 0 saturated carbocycles. The zero-order valence-corrected chi connectivity index (χ0v) is 10.9. The first kappa shape index (κ1) is 12.2. The maximum atomic E-state index is 3.84. The molecule has 1 unspecified atom stereocenters. The summed E-state index contributed by atoms with van der Waals surface area (Å²) in [5, 5.41) is 3.29. The van der Waals surface area contributed by atoms with Crippen molar-refractivity contribution in [3.05, 3.63) is 42.0 Å². The van der Waals surface area contributed by atoms with Gasteiger partial charge in [0, 0.05) is 24.8 Å². The number of nitrogens with one attached hydrogen (secondary N) is 1. The predicted octanol–water partition coefficient (Wildman–Crippen LogP) is 2.91. The molecule has 1 aliphatic heterocycles. The molecular weight excluding hydrogens is 208 g/mol. The van der Waals surface area contributed by atoms with Crippen LogP contribution in [-0.4, -0.2) is 20.1 Å². The van der Waals surface area contributed by atoms with Gasteiger partial charge in [0.2, 0.25) is 0 Å². The van der Waals surface area contributed by atoms with Gasteiger partial charge in [0.1, 0.15) is 0 Å². The van der Waals surface area contributed by atoms with Crippen LogP contribution < -0.4 is 10.2 Å². The van der Waals surface area contributed by atoms with Gasteiger partial charge in [0.15, 0.2) is 0 Å². The van der Waals surface area contributed by atoms with Crippen LogP contribution in [0.2, 0.25) is 0 Å². The van der Waals surface area contributed by atoms with E-state index in [0.29, 0.717) is 6.04 Å². The highest BCUT2D eigenvalue weighted by molar-refractivity contribution is 5.57. The Hall–Kier alpha value is -1.28. The molecule has 0 spiro atoms. The Kier molecular flexibility index (Phi) is 3.85. The van der Waals surface area contributed by atoms with Crippen molar-refractivity contribution in [3.8, 4) is 0 Å². The molecule has 2 heteroatoms. The highest BCUT2D eigenvalue weighted by Crippen LogP contribution is 2.29. The number of nitrogens with zero attached hydrogens (tertiary/aromatic N) is 1. The van der Waals surface area contributed by atoms with Gasteiger partial charge in [-0.15, -0.1) is 6.58 Å². The van der Waals surface area contributed by atoms with Crippen LogP contribution in [0.15, 0.2) is 30.9 Å². The van der Waals surface area contributed by atoms with Crippen molar-refractivity contribution in [2.45, 2.75) is 25.8 Å². The number of anilines is 1. The molecule has 0 fully saturated rings. The van der Waals surface area contributed by atoms with Crippen LogP contribution in [0, 0.1) is 0 Å². The number of hydrogen-bond acceptors (Lipinski definition) is 2. The molecule has 0 bridgehead atoms. The van der Waals surface area contributed by atoms with Crippen molar-refractivity contribution in [1.29, 1.82) is 0 Å². The second kappa shape index (κ2) is 5.37. The monoisotopic (exact) mass is 230 g/mol. The van der Waals surface area contributed by atoms with Gasteiger partial charge in [-0.3, -0.25) is 0 Å². The van der Waals surface area contributed by atoms with E-state index >= 15 is 0 Å². The highest BCUT2D eigenvalue weighted by atomic mass is 15.1. The van der Waals surface area contributed by atoms with Crippen LogP contribution in [0.1, 0.15) is 30.5 Å². The summed E-state index contributed by atoms with van der Waals surface area (Å²) >= 11 is 0. The fourth-order valence-corrected chi connectivity index (χ4v) is 2.48. The number of aryl methyl sites for hydroxylation is 1. The Labute approximate surface area is 104 Å². The molecule has 2 rings (SSSR count). The van der Waals surface area contributed by atoms with Gasteiger partial charge in [0.25, 0.3) is 0 Å². The Morgan fingerprint density at radius 1 is 1.53 bits per heavy atom. The molecule has 0 amide bonds. The molecule has 1 N–H and O–H groups in total. The second-order valence-corrected chi connectivity index (χ2v) is 4.74. The molecule has 92 valence electrons. The van der Waals surface area contributed by atoms with E-state index in [-0.39, 0.29) is 0 Å². The number of fused-ring (bicyclic) bond motifs is 1. The molecule has 1 aromatic carbocycles. The molecule has 0 saturated heterocycles. The number of benzene rings is 1. The van der Waals surface area contributed by atoms with Crippen LogP contribution in [0.25, 0.3) is 0 Å². The first-order valence-corrected chi connectivity index (χ1v) is 6.42. The molecule has 17 heavy (non-hydrogen) atoms. The summed E-state index contributed by atoms with van der Waals surface area (Å²) in [7, 11) is 2.01. The van der Waals surface area contributed by atoms with Gasteiger partial charge in [-0.25, -0.2) is 0 Å². The molecule has 0 aromatic heterocycles. The second-order valence-electron chi connectivity index (χ2n) is 4.74. The maximum Gasteiger partial charge on any atom is 0.0401 e. The fraction of sp³-hybridized carbons (Fsp3) is 0.467. The molecule has 1 aliphatic rings. The van der Waals surface area contributed by atoms with E-state index in [4.69, 9.17) is 0 Å². The minimum absolute atomic E-state index is 0.426. The Morgan fingerprint density at radius 2 is 2.35 bits per heavy atom. The van der Waals surface area contributed by atoms with Gasteiger partial charge in [-0.05, 0) is 44.0 Å². The van der Waals surface area contributed by atoms with Gasteiger partial charge >= 0.3 is 0 Å². The van der Waals surface area contributed by atoms with Crippen LogP contribution in [-0.2, 0) is 6.42 Å². The number of hydrogen-bond donors (Lipinski definition) is 1. The van der Waals surface area contributed by atoms with Gasteiger partial charge in [0.05, 0.1) is 0 Å². The lowest BCUT2D eigenvalue weighted by atomic mass is 9.97. The van der Waals surface area contributed by atoms with Crippen LogP contribution in [0.4, 0.5) is 5.69 Å². The summed E-state index contributed by atoms with van der Waals surface area (Å²) in [6.07, 6.45) is 4.44. The summed E-state index contributed by atoms with van der Waals surface area (Å²) in [6, 6.07) is 7.28. The lowest BCUT2D eigenvalue weighted by Crippen LogP contribution is -2.29. The SMILES string of the molecule is C=CCN1CCCc2cc(C(C)NC)ccc21.